The molecule has 2 N–H and O–H groups in total. The number of amides is 1. The van der Waals surface area contributed by atoms with Gasteiger partial charge in [0.25, 0.3) is 5.91 Å². The van der Waals surface area contributed by atoms with Crippen LogP contribution in [0, 0.1) is 5.82 Å². The van der Waals surface area contributed by atoms with Gasteiger partial charge in [-0.05, 0) is 25.3 Å². The van der Waals surface area contributed by atoms with E-state index >= 15 is 0 Å². The molecule has 100 valence electrons. The summed E-state index contributed by atoms with van der Waals surface area (Å²) in [5, 5.41) is 11.5. The van der Waals surface area contributed by atoms with Crippen LogP contribution in [0.2, 0.25) is 5.02 Å². The van der Waals surface area contributed by atoms with E-state index in [0.29, 0.717) is 0 Å². The molecule has 0 saturated carbocycles. The van der Waals surface area contributed by atoms with Crippen LogP contribution in [0.4, 0.5) is 4.39 Å². The molecule has 1 aromatic carbocycles. The Morgan fingerprint density at radius 1 is 1.61 bits per heavy atom. The highest BCUT2D eigenvalue weighted by Gasteiger charge is 2.20. The highest BCUT2D eigenvalue weighted by molar-refractivity contribution is 7.99. The van der Waals surface area contributed by atoms with E-state index in [1.807, 2.05) is 6.26 Å². The Balaban J connectivity index is 2.79. The van der Waals surface area contributed by atoms with E-state index < -0.39 is 11.7 Å². The lowest BCUT2D eigenvalue weighted by molar-refractivity contribution is 0.0935. The predicted molar refractivity (Wildman–Crippen MR) is 72.7 cm³/mol. The highest BCUT2D eigenvalue weighted by Crippen LogP contribution is 2.20. The molecule has 0 heterocycles. The summed E-state index contributed by atoms with van der Waals surface area (Å²) in [5.41, 5.74) is 0.0984. The van der Waals surface area contributed by atoms with Crippen molar-refractivity contribution in [1.29, 1.82) is 0 Å². The van der Waals surface area contributed by atoms with Crippen LogP contribution in [-0.4, -0.2) is 35.2 Å². The quantitative estimate of drug-likeness (QED) is 0.875. The number of nitrogens with one attached hydrogen (secondary N) is 1. The second-order valence-corrected chi connectivity index (χ2v) is 5.28. The smallest absolute Gasteiger partial charge is 0.253 e. The second-order valence-electron chi connectivity index (χ2n) is 3.82. The molecule has 1 rings (SSSR count). The van der Waals surface area contributed by atoms with Gasteiger partial charge in [-0.2, -0.15) is 11.8 Å². The maximum absolute atomic E-state index is 13.2. The Morgan fingerprint density at radius 2 is 2.28 bits per heavy atom. The number of hydrogen-bond acceptors (Lipinski definition) is 3. The third kappa shape index (κ3) is 3.60. The molecule has 6 heteroatoms. The molecule has 0 saturated heterocycles. The van der Waals surface area contributed by atoms with Crippen LogP contribution in [-0.2, 0) is 0 Å². The number of aliphatic hydroxyl groups excluding tert-OH is 1. The van der Waals surface area contributed by atoms with Crippen molar-refractivity contribution in [3.05, 3.63) is 34.6 Å². The molecule has 0 unspecified atom stereocenters. The fourth-order valence-electron chi connectivity index (χ4n) is 1.49. The van der Waals surface area contributed by atoms with Gasteiger partial charge in [-0.1, -0.05) is 17.7 Å². The van der Waals surface area contributed by atoms with Crippen molar-refractivity contribution in [2.75, 3.05) is 12.9 Å². The van der Waals surface area contributed by atoms with E-state index in [0.717, 1.165) is 0 Å². The molecule has 0 aliphatic rings. The zero-order valence-corrected chi connectivity index (χ0v) is 11.7. The monoisotopic (exact) mass is 291 g/mol. The lowest BCUT2D eigenvalue weighted by Crippen LogP contribution is -2.41. The molecular weight excluding hydrogens is 277 g/mol. The molecule has 0 fully saturated rings. The molecule has 3 nitrogen and oxygen atoms in total. The summed E-state index contributed by atoms with van der Waals surface area (Å²) in [7, 11) is 0. The molecular formula is C12H15ClFNO2S. The van der Waals surface area contributed by atoms with Crippen LogP contribution in [0.25, 0.3) is 0 Å². The van der Waals surface area contributed by atoms with E-state index in [2.05, 4.69) is 5.32 Å². The number of thioether (sulfide) groups is 1. The molecule has 0 aromatic heterocycles. The van der Waals surface area contributed by atoms with Crippen LogP contribution >= 0.6 is 23.4 Å². The molecule has 2 atom stereocenters. The largest absolute Gasteiger partial charge is 0.395 e. The van der Waals surface area contributed by atoms with E-state index in [9.17, 15) is 9.18 Å². The first-order chi connectivity index (χ1) is 8.51. The van der Waals surface area contributed by atoms with Crippen molar-refractivity contribution in [2.45, 2.75) is 18.2 Å². The van der Waals surface area contributed by atoms with Crippen molar-refractivity contribution < 1.29 is 14.3 Å². The highest BCUT2D eigenvalue weighted by atomic mass is 35.5. The van der Waals surface area contributed by atoms with Crippen molar-refractivity contribution in [2.24, 2.45) is 0 Å². The minimum atomic E-state index is -0.624. The molecule has 18 heavy (non-hydrogen) atoms. The number of carbonyl (C=O) groups is 1. The summed E-state index contributed by atoms with van der Waals surface area (Å²) in [5.74, 6) is -1.07. The van der Waals surface area contributed by atoms with Gasteiger partial charge in [-0.25, -0.2) is 4.39 Å². The predicted octanol–water partition coefficient (Wildman–Crippen LogP) is 2.32. The Bertz CT molecular complexity index is 427. The van der Waals surface area contributed by atoms with E-state index in [-0.39, 0.29) is 28.5 Å². The lowest BCUT2D eigenvalue weighted by atomic mass is 10.1. The molecule has 0 radical (unpaired) electrons. The van der Waals surface area contributed by atoms with Gasteiger partial charge in [-0.15, -0.1) is 0 Å². The lowest BCUT2D eigenvalue weighted by Gasteiger charge is -2.21. The van der Waals surface area contributed by atoms with Crippen LogP contribution in [0.15, 0.2) is 18.2 Å². The Morgan fingerprint density at radius 3 is 2.83 bits per heavy atom. The van der Waals surface area contributed by atoms with Crippen molar-refractivity contribution >= 4 is 29.3 Å². The maximum Gasteiger partial charge on any atom is 0.253 e. The minimum absolute atomic E-state index is 0.0422. The third-order valence-electron chi connectivity index (χ3n) is 2.60. The van der Waals surface area contributed by atoms with Gasteiger partial charge in [0.1, 0.15) is 5.82 Å². The van der Waals surface area contributed by atoms with E-state index in [4.69, 9.17) is 16.7 Å². The van der Waals surface area contributed by atoms with Crippen LogP contribution < -0.4 is 5.32 Å². The number of rotatable bonds is 5. The first kappa shape index (κ1) is 15.3. The zero-order valence-electron chi connectivity index (χ0n) is 10.1. The summed E-state index contributed by atoms with van der Waals surface area (Å²) in [4.78, 5) is 11.9. The Kier molecular flexibility index (Phi) is 5.91. The summed E-state index contributed by atoms with van der Waals surface area (Å²) in [6, 6.07) is 3.84. The number of aliphatic hydroxyl groups is 1. The van der Waals surface area contributed by atoms with E-state index in [1.165, 1.54) is 30.0 Å². The van der Waals surface area contributed by atoms with Gasteiger partial charge in [0, 0.05) is 11.3 Å². The molecule has 0 aliphatic heterocycles. The zero-order chi connectivity index (χ0) is 13.7. The average Bonchev–Trinajstić information content (AvgIpc) is 2.34. The van der Waals surface area contributed by atoms with Crippen molar-refractivity contribution in [3.63, 3.8) is 0 Å². The number of halogens is 2. The molecule has 1 aromatic rings. The summed E-state index contributed by atoms with van der Waals surface area (Å²) in [6.45, 7) is 1.74. The molecule has 0 spiro atoms. The van der Waals surface area contributed by atoms with E-state index in [1.54, 1.807) is 6.92 Å². The first-order valence-electron chi connectivity index (χ1n) is 5.39. The van der Waals surface area contributed by atoms with Gasteiger partial charge >= 0.3 is 0 Å². The summed E-state index contributed by atoms with van der Waals surface area (Å²) in [6.07, 6.45) is 1.85. The van der Waals surface area contributed by atoms with Crippen LogP contribution in [0.5, 0.6) is 0 Å². The number of carbonyl (C=O) groups excluding carboxylic acids is 1. The van der Waals surface area contributed by atoms with Gasteiger partial charge in [0.05, 0.1) is 17.2 Å². The molecule has 0 aliphatic carbocycles. The SMILES string of the molecule is CS[C@H](CO)[C@H](C)NC(=O)c1cccc(F)c1Cl. The maximum atomic E-state index is 13.2. The van der Waals surface area contributed by atoms with Gasteiger partial charge in [-0.3, -0.25) is 4.79 Å². The van der Waals surface area contributed by atoms with Gasteiger partial charge in [0.15, 0.2) is 0 Å². The normalized spacial score (nSPS) is 14.1. The standard InChI is InChI=1S/C12H15ClFNO2S/c1-7(10(6-16)18-2)15-12(17)8-4-3-5-9(14)11(8)13/h3-5,7,10,16H,6H2,1-2H3,(H,15,17)/t7-,10+/m0/s1. The Hall–Kier alpha value is -0.780. The molecule has 0 bridgehead atoms. The summed E-state index contributed by atoms with van der Waals surface area (Å²) < 4.78 is 13.2. The number of hydrogen-bond donors (Lipinski definition) is 2. The minimum Gasteiger partial charge on any atom is -0.395 e. The van der Waals surface area contributed by atoms with Crippen LogP contribution in [0.1, 0.15) is 17.3 Å². The molecule has 1 amide bonds. The van der Waals surface area contributed by atoms with Crippen molar-refractivity contribution in [1.82, 2.24) is 5.32 Å². The number of benzene rings is 1. The average molecular weight is 292 g/mol. The first-order valence-corrected chi connectivity index (χ1v) is 7.06. The van der Waals surface area contributed by atoms with Gasteiger partial charge < -0.3 is 10.4 Å². The fourth-order valence-corrected chi connectivity index (χ4v) is 2.33. The topological polar surface area (TPSA) is 49.3 Å². The van der Waals surface area contributed by atoms with Crippen LogP contribution in [0.3, 0.4) is 0 Å². The second kappa shape index (κ2) is 6.97. The third-order valence-corrected chi connectivity index (χ3v) is 4.14. The Labute approximate surface area is 115 Å². The van der Waals surface area contributed by atoms with Gasteiger partial charge in [0.2, 0.25) is 0 Å². The van der Waals surface area contributed by atoms with Crippen molar-refractivity contribution in [3.8, 4) is 0 Å². The fraction of sp³-hybridized carbons (Fsp3) is 0.417. The summed E-state index contributed by atoms with van der Waals surface area (Å²) >= 11 is 7.18.